The lowest BCUT2D eigenvalue weighted by Gasteiger charge is -2.27. The van der Waals surface area contributed by atoms with Crippen molar-refractivity contribution in [2.45, 2.75) is 38.6 Å². The molecule has 1 unspecified atom stereocenters. The lowest BCUT2D eigenvalue weighted by atomic mass is 9.84. The molecule has 1 saturated carbocycles. The summed E-state index contributed by atoms with van der Waals surface area (Å²) in [7, 11) is -1.47. The minimum absolute atomic E-state index is 0. The summed E-state index contributed by atoms with van der Waals surface area (Å²) >= 11 is 0. The van der Waals surface area contributed by atoms with Crippen LogP contribution in [0.3, 0.4) is 0 Å². The Hall–Kier alpha value is 0.160. The van der Waals surface area contributed by atoms with Gasteiger partial charge < -0.3 is 5.73 Å². The summed E-state index contributed by atoms with van der Waals surface area (Å²) in [6.07, 6.45) is 4.47. The van der Waals surface area contributed by atoms with E-state index in [-0.39, 0.29) is 24.2 Å². The molecule has 0 heterocycles. The van der Waals surface area contributed by atoms with Crippen molar-refractivity contribution in [2.24, 2.45) is 11.7 Å². The fourth-order valence-corrected chi connectivity index (χ4v) is 3.22. The van der Waals surface area contributed by atoms with E-state index in [4.69, 9.17) is 5.73 Å². The van der Waals surface area contributed by atoms with Crippen molar-refractivity contribution in [3.05, 3.63) is 0 Å². The summed E-state index contributed by atoms with van der Waals surface area (Å²) in [6, 6.07) is -0.101. The van der Waals surface area contributed by atoms with Crippen LogP contribution in [0.25, 0.3) is 0 Å². The number of likely N-dealkylation sites (N-methyl/N-ethyl adjacent to an activating group) is 1. The molecule has 6 heteroatoms. The van der Waals surface area contributed by atoms with Crippen LogP contribution < -0.4 is 5.73 Å². The first-order chi connectivity index (χ1) is 6.97. The van der Waals surface area contributed by atoms with Gasteiger partial charge in [0.15, 0.2) is 0 Å². The molecular formula is C10H23ClN2O2S. The number of nitrogens with zero attached hydrogens (tertiary/aromatic N) is 1. The van der Waals surface area contributed by atoms with E-state index in [1.54, 1.807) is 7.05 Å². The van der Waals surface area contributed by atoms with Gasteiger partial charge in [-0.2, -0.15) is 0 Å². The van der Waals surface area contributed by atoms with Gasteiger partial charge in [0, 0.05) is 19.6 Å². The minimum atomic E-state index is -3.09. The second kappa shape index (κ2) is 6.79. The van der Waals surface area contributed by atoms with Crippen LogP contribution >= 0.6 is 12.4 Å². The molecule has 98 valence electrons. The molecule has 0 amide bonds. The standard InChI is InChI=1S/C10H22N2O2S.ClH/c1-9(8-11)12(2)15(13,14)7-6-10-4-3-5-10;/h9-10H,3-8,11H2,1-2H3;1H. The van der Waals surface area contributed by atoms with Gasteiger partial charge in [-0.05, 0) is 19.3 Å². The topological polar surface area (TPSA) is 63.4 Å². The van der Waals surface area contributed by atoms with Crippen LogP contribution in [-0.2, 0) is 10.0 Å². The van der Waals surface area contributed by atoms with E-state index >= 15 is 0 Å². The van der Waals surface area contributed by atoms with Crippen LogP contribution in [-0.4, -0.2) is 38.1 Å². The molecular weight excluding hydrogens is 248 g/mol. The highest BCUT2D eigenvalue weighted by molar-refractivity contribution is 7.89. The maximum Gasteiger partial charge on any atom is 0.214 e. The number of hydrogen-bond acceptors (Lipinski definition) is 3. The summed E-state index contributed by atoms with van der Waals surface area (Å²) < 4.78 is 25.1. The molecule has 0 saturated heterocycles. The number of nitrogens with two attached hydrogens (primary N) is 1. The Kier molecular flexibility index (Phi) is 6.86. The summed E-state index contributed by atoms with van der Waals surface area (Å²) in [4.78, 5) is 0. The van der Waals surface area contributed by atoms with Gasteiger partial charge in [0.05, 0.1) is 5.75 Å². The Morgan fingerprint density at radius 1 is 1.44 bits per heavy atom. The van der Waals surface area contributed by atoms with Crippen LogP contribution in [0.5, 0.6) is 0 Å². The van der Waals surface area contributed by atoms with Crippen molar-refractivity contribution in [3.63, 3.8) is 0 Å². The molecule has 0 radical (unpaired) electrons. The average molecular weight is 271 g/mol. The van der Waals surface area contributed by atoms with E-state index in [1.165, 1.54) is 23.6 Å². The third-order valence-electron chi connectivity index (χ3n) is 3.41. The molecule has 0 spiro atoms. The number of sulfonamides is 1. The third-order valence-corrected chi connectivity index (χ3v) is 5.40. The lowest BCUT2D eigenvalue weighted by molar-refractivity contribution is 0.304. The molecule has 1 rings (SSSR count). The van der Waals surface area contributed by atoms with E-state index in [1.807, 2.05) is 6.92 Å². The first kappa shape index (κ1) is 16.2. The van der Waals surface area contributed by atoms with Crippen molar-refractivity contribution >= 4 is 22.4 Å². The molecule has 1 atom stereocenters. The quantitative estimate of drug-likeness (QED) is 0.789. The molecule has 0 aromatic carbocycles. The van der Waals surface area contributed by atoms with E-state index in [0.717, 1.165) is 6.42 Å². The maximum absolute atomic E-state index is 11.8. The first-order valence-corrected chi connectivity index (χ1v) is 7.24. The molecule has 1 fully saturated rings. The van der Waals surface area contributed by atoms with E-state index < -0.39 is 10.0 Å². The van der Waals surface area contributed by atoms with Crippen molar-refractivity contribution < 1.29 is 8.42 Å². The zero-order valence-electron chi connectivity index (χ0n) is 10.1. The van der Waals surface area contributed by atoms with E-state index in [2.05, 4.69) is 0 Å². The van der Waals surface area contributed by atoms with Gasteiger partial charge in [0.1, 0.15) is 0 Å². The second-order valence-corrected chi connectivity index (χ2v) is 6.65. The van der Waals surface area contributed by atoms with Crippen LogP contribution in [0.2, 0.25) is 0 Å². The largest absolute Gasteiger partial charge is 0.329 e. The zero-order valence-corrected chi connectivity index (χ0v) is 11.7. The van der Waals surface area contributed by atoms with Crippen molar-refractivity contribution in [1.82, 2.24) is 4.31 Å². The minimum Gasteiger partial charge on any atom is -0.329 e. The Balaban J connectivity index is 0.00000225. The van der Waals surface area contributed by atoms with Gasteiger partial charge in [0.25, 0.3) is 0 Å². The maximum atomic E-state index is 11.8. The molecule has 0 aliphatic heterocycles. The summed E-state index contributed by atoms with van der Waals surface area (Å²) in [5.41, 5.74) is 5.46. The van der Waals surface area contributed by atoms with Crippen molar-refractivity contribution in [1.29, 1.82) is 0 Å². The molecule has 1 aliphatic rings. The summed E-state index contributed by atoms with van der Waals surface area (Å²) in [6.45, 7) is 2.21. The van der Waals surface area contributed by atoms with Crippen molar-refractivity contribution in [2.75, 3.05) is 19.3 Å². The predicted octanol–water partition coefficient (Wildman–Crippen LogP) is 1.21. The van der Waals surface area contributed by atoms with Gasteiger partial charge in [-0.1, -0.05) is 19.3 Å². The average Bonchev–Trinajstić information content (AvgIpc) is 2.12. The number of rotatable bonds is 6. The molecule has 2 N–H and O–H groups in total. The fourth-order valence-electron chi connectivity index (χ4n) is 1.66. The van der Waals surface area contributed by atoms with Crippen LogP contribution in [0.1, 0.15) is 32.6 Å². The van der Waals surface area contributed by atoms with Crippen LogP contribution in [0.4, 0.5) is 0 Å². The molecule has 0 aromatic heterocycles. The van der Waals surface area contributed by atoms with E-state index in [0.29, 0.717) is 12.5 Å². The predicted molar refractivity (Wildman–Crippen MR) is 69.3 cm³/mol. The van der Waals surface area contributed by atoms with Gasteiger partial charge in [-0.25, -0.2) is 12.7 Å². The van der Waals surface area contributed by atoms with Crippen LogP contribution in [0, 0.1) is 5.92 Å². The second-order valence-electron chi connectivity index (χ2n) is 4.50. The molecule has 16 heavy (non-hydrogen) atoms. The van der Waals surface area contributed by atoms with Gasteiger partial charge in [0.2, 0.25) is 10.0 Å². The van der Waals surface area contributed by atoms with Gasteiger partial charge in [-0.15, -0.1) is 12.4 Å². The Bertz CT molecular complexity index is 291. The zero-order chi connectivity index (χ0) is 11.5. The highest BCUT2D eigenvalue weighted by Crippen LogP contribution is 2.29. The lowest BCUT2D eigenvalue weighted by Crippen LogP contribution is -2.41. The Morgan fingerprint density at radius 2 is 2.00 bits per heavy atom. The normalized spacial score (nSPS) is 19.0. The number of halogens is 1. The third kappa shape index (κ3) is 4.20. The smallest absolute Gasteiger partial charge is 0.214 e. The number of hydrogen-bond donors (Lipinski definition) is 1. The molecule has 0 aromatic rings. The summed E-state index contributed by atoms with van der Waals surface area (Å²) in [5, 5.41) is 0. The summed E-state index contributed by atoms with van der Waals surface area (Å²) in [5.74, 6) is 0.916. The van der Waals surface area contributed by atoms with Crippen LogP contribution in [0.15, 0.2) is 0 Å². The monoisotopic (exact) mass is 270 g/mol. The van der Waals surface area contributed by atoms with Crippen molar-refractivity contribution in [3.8, 4) is 0 Å². The molecule has 4 nitrogen and oxygen atoms in total. The SMILES string of the molecule is CC(CN)N(C)S(=O)(=O)CCC1CCC1.Cl. The van der Waals surface area contributed by atoms with Gasteiger partial charge in [-0.3, -0.25) is 0 Å². The van der Waals surface area contributed by atoms with E-state index in [9.17, 15) is 8.42 Å². The highest BCUT2D eigenvalue weighted by Gasteiger charge is 2.25. The molecule has 0 bridgehead atoms. The van der Waals surface area contributed by atoms with Gasteiger partial charge >= 0.3 is 0 Å². The Morgan fingerprint density at radius 3 is 2.38 bits per heavy atom. The molecule has 1 aliphatic carbocycles. The highest BCUT2D eigenvalue weighted by atomic mass is 35.5. The first-order valence-electron chi connectivity index (χ1n) is 5.63. The Labute approximate surface area is 105 Å². The fraction of sp³-hybridized carbons (Fsp3) is 1.00.